The zero-order chi connectivity index (χ0) is 12.4. The minimum Gasteiger partial charge on any atom is -0.480 e. The summed E-state index contributed by atoms with van der Waals surface area (Å²) in [7, 11) is 1.73. The molecule has 0 saturated carbocycles. The van der Waals surface area contributed by atoms with E-state index < -0.39 is 6.10 Å². The number of likely N-dealkylation sites (tertiary alicyclic amines) is 1. The van der Waals surface area contributed by atoms with Crippen LogP contribution in [0.3, 0.4) is 0 Å². The predicted octanol–water partition coefficient (Wildman–Crippen LogP) is 1.76. The fraction of sp³-hybridized carbons (Fsp3) is 0.333. The lowest BCUT2D eigenvalue weighted by molar-refractivity contribution is -0.132. The maximum Gasteiger partial charge on any atom is 0.263 e. The van der Waals surface area contributed by atoms with E-state index in [2.05, 4.69) is 0 Å². The number of hydrogen-bond donors (Lipinski definition) is 0. The number of likely N-dealkylation sites (N-methyl/N-ethyl adjacent to an activating group) is 1. The molecule has 1 aliphatic rings. The van der Waals surface area contributed by atoms with E-state index in [1.54, 1.807) is 24.1 Å². The van der Waals surface area contributed by atoms with Gasteiger partial charge in [-0.2, -0.15) is 0 Å². The minimum atomic E-state index is -0.500. The van der Waals surface area contributed by atoms with Crippen LogP contribution in [0.4, 0.5) is 0 Å². The molecule has 1 aromatic carbocycles. The molecule has 0 spiro atoms. The number of halogens is 1. The van der Waals surface area contributed by atoms with Gasteiger partial charge in [0.15, 0.2) is 12.4 Å². The molecular weight excluding hydrogens is 242 g/mol. The third-order valence-corrected chi connectivity index (χ3v) is 2.98. The van der Waals surface area contributed by atoms with Gasteiger partial charge in [-0.15, -0.1) is 0 Å². The summed E-state index contributed by atoms with van der Waals surface area (Å²) in [5.41, 5.74) is 0.361. The maximum atomic E-state index is 11.7. The van der Waals surface area contributed by atoms with Crippen molar-refractivity contribution in [3.8, 4) is 5.75 Å². The smallest absolute Gasteiger partial charge is 0.263 e. The maximum absolute atomic E-state index is 11.7. The second-order valence-corrected chi connectivity index (χ2v) is 4.39. The quantitative estimate of drug-likeness (QED) is 0.772. The fourth-order valence-corrected chi connectivity index (χ4v) is 1.95. The summed E-state index contributed by atoms with van der Waals surface area (Å²) in [5.74, 6) is 0.342. The number of ether oxygens (including phenoxy) is 1. The van der Waals surface area contributed by atoms with Crippen LogP contribution in [-0.4, -0.2) is 36.8 Å². The van der Waals surface area contributed by atoms with Gasteiger partial charge < -0.3 is 9.64 Å². The summed E-state index contributed by atoms with van der Waals surface area (Å²) >= 11 is 5.77. The SMILES string of the molecule is CN1CCC(Oc2ccc(Cl)cc2C=O)C1=O. The molecule has 0 N–H and O–H groups in total. The fourth-order valence-electron chi connectivity index (χ4n) is 1.77. The van der Waals surface area contributed by atoms with Crippen LogP contribution in [-0.2, 0) is 4.79 Å². The second-order valence-electron chi connectivity index (χ2n) is 3.95. The third-order valence-electron chi connectivity index (χ3n) is 2.75. The van der Waals surface area contributed by atoms with Crippen LogP contribution in [0.15, 0.2) is 18.2 Å². The van der Waals surface area contributed by atoms with Crippen molar-refractivity contribution in [2.45, 2.75) is 12.5 Å². The van der Waals surface area contributed by atoms with E-state index in [-0.39, 0.29) is 5.91 Å². The van der Waals surface area contributed by atoms with Crippen LogP contribution >= 0.6 is 11.6 Å². The molecule has 1 heterocycles. The topological polar surface area (TPSA) is 46.6 Å². The van der Waals surface area contributed by atoms with Gasteiger partial charge in [0.1, 0.15) is 5.75 Å². The first-order valence-electron chi connectivity index (χ1n) is 5.28. The Morgan fingerprint density at radius 3 is 2.88 bits per heavy atom. The normalized spacial score (nSPS) is 19.5. The average molecular weight is 254 g/mol. The first-order valence-corrected chi connectivity index (χ1v) is 5.66. The number of rotatable bonds is 3. The highest BCUT2D eigenvalue weighted by Crippen LogP contribution is 2.24. The molecule has 1 aliphatic heterocycles. The van der Waals surface area contributed by atoms with Gasteiger partial charge in [-0.05, 0) is 18.2 Å². The Morgan fingerprint density at radius 1 is 1.53 bits per heavy atom. The molecule has 1 amide bonds. The van der Waals surface area contributed by atoms with Crippen molar-refractivity contribution < 1.29 is 14.3 Å². The summed E-state index contributed by atoms with van der Waals surface area (Å²) in [6.07, 6.45) is 0.806. The Bertz CT molecular complexity index is 461. The van der Waals surface area contributed by atoms with E-state index in [1.807, 2.05) is 0 Å². The van der Waals surface area contributed by atoms with Gasteiger partial charge in [0.25, 0.3) is 5.91 Å². The molecule has 5 heteroatoms. The molecule has 1 fully saturated rings. The predicted molar refractivity (Wildman–Crippen MR) is 63.5 cm³/mol. The number of benzene rings is 1. The summed E-state index contributed by atoms with van der Waals surface area (Å²) in [4.78, 5) is 24.1. The van der Waals surface area contributed by atoms with Crippen LogP contribution in [0.25, 0.3) is 0 Å². The molecule has 0 bridgehead atoms. The highest BCUT2D eigenvalue weighted by Gasteiger charge is 2.31. The first-order chi connectivity index (χ1) is 8.11. The minimum absolute atomic E-state index is 0.0585. The number of hydrogen-bond acceptors (Lipinski definition) is 3. The Balaban J connectivity index is 2.19. The molecule has 0 aromatic heterocycles. The van der Waals surface area contributed by atoms with Crippen molar-refractivity contribution in [3.63, 3.8) is 0 Å². The standard InChI is InChI=1S/C12H12ClNO3/c1-14-5-4-11(12(14)16)17-10-3-2-9(13)6-8(10)7-15/h2-3,6-7,11H,4-5H2,1H3. The first kappa shape index (κ1) is 11.9. The molecule has 0 aliphatic carbocycles. The van der Waals surface area contributed by atoms with Gasteiger partial charge in [0, 0.05) is 25.0 Å². The lowest BCUT2D eigenvalue weighted by atomic mass is 10.2. The molecular formula is C12H12ClNO3. The van der Waals surface area contributed by atoms with Crippen LogP contribution in [0.1, 0.15) is 16.8 Å². The van der Waals surface area contributed by atoms with Gasteiger partial charge in [-0.3, -0.25) is 9.59 Å². The van der Waals surface area contributed by atoms with E-state index in [0.717, 1.165) is 0 Å². The molecule has 17 heavy (non-hydrogen) atoms. The molecule has 90 valence electrons. The Hall–Kier alpha value is -1.55. The van der Waals surface area contributed by atoms with Gasteiger partial charge in [-0.1, -0.05) is 11.6 Å². The largest absolute Gasteiger partial charge is 0.480 e. The average Bonchev–Trinajstić information content (AvgIpc) is 2.63. The number of nitrogens with zero attached hydrogens (tertiary/aromatic N) is 1. The van der Waals surface area contributed by atoms with Gasteiger partial charge >= 0.3 is 0 Å². The van der Waals surface area contributed by atoms with E-state index in [1.165, 1.54) is 6.07 Å². The third kappa shape index (κ3) is 2.42. The lowest BCUT2D eigenvalue weighted by Gasteiger charge is -2.14. The molecule has 2 rings (SSSR count). The lowest BCUT2D eigenvalue weighted by Crippen LogP contribution is -2.29. The monoisotopic (exact) mass is 253 g/mol. The van der Waals surface area contributed by atoms with E-state index >= 15 is 0 Å². The molecule has 1 saturated heterocycles. The number of carbonyl (C=O) groups is 2. The van der Waals surface area contributed by atoms with Crippen molar-refractivity contribution >= 4 is 23.8 Å². The summed E-state index contributed by atoms with van der Waals surface area (Å²) in [5, 5.41) is 0.467. The van der Waals surface area contributed by atoms with E-state index in [0.29, 0.717) is 35.6 Å². The van der Waals surface area contributed by atoms with Crippen molar-refractivity contribution in [1.82, 2.24) is 4.90 Å². The molecule has 1 atom stereocenters. The van der Waals surface area contributed by atoms with Crippen molar-refractivity contribution in [1.29, 1.82) is 0 Å². The van der Waals surface area contributed by atoms with Crippen LogP contribution in [0.5, 0.6) is 5.75 Å². The summed E-state index contributed by atoms with van der Waals surface area (Å²) in [6.45, 7) is 0.674. The Kier molecular flexibility index (Phi) is 3.33. The number of aldehydes is 1. The van der Waals surface area contributed by atoms with Crippen molar-refractivity contribution in [3.05, 3.63) is 28.8 Å². The summed E-state index contributed by atoms with van der Waals surface area (Å²) < 4.78 is 5.55. The number of amides is 1. The van der Waals surface area contributed by atoms with Crippen LogP contribution in [0.2, 0.25) is 5.02 Å². The Labute approximate surface area is 104 Å². The van der Waals surface area contributed by atoms with Gasteiger partial charge in [-0.25, -0.2) is 0 Å². The molecule has 4 nitrogen and oxygen atoms in total. The van der Waals surface area contributed by atoms with Crippen LogP contribution < -0.4 is 4.74 Å². The van der Waals surface area contributed by atoms with Crippen LogP contribution in [0, 0.1) is 0 Å². The zero-order valence-corrected chi connectivity index (χ0v) is 10.1. The Morgan fingerprint density at radius 2 is 2.29 bits per heavy atom. The number of carbonyl (C=O) groups excluding carboxylic acids is 2. The summed E-state index contributed by atoms with van der Waals surface area (Å²) in [6, 6.07) is 4.76. The zero-order valence-electron chi connectivity index (χ0n) is 9.35. The van der Waals surface area contributed by atoms with Gasteiger partial charge in [0.05, 0.1) is 5.56 Å². The van der Waals surface area contributed by atoms with Gasteiger partial charge in [0.2, 0.25) is 0 Å². The van der Waals surface area contributed by atoms with Crippen molar-refractivity contribution in [2.75, 3.05) is 13.6 Å². The molecule has 1 aromatic rings. The van der Waals surface area contributed by atoms with E-state index in [9.17, 15) is 9.59 Å². The second kappa shape index (κ2) is 4.75. The molecule has 1 unspecified atom stereocenters. The highest BCUT2D eigenvalue weighted by atomic mass is 35.5. The highest BCUT2D eigenvalue weighted by molar-refractivity contribution is 6.30. The van der Waals surface area contributed by atoms with E-state index in [4.69, 9.17) is 16.3 Å². The molecule has 0 radical (unpaired) electrons. The van der Waals surface area contributed by atoms with Crippen molar-refractivity contribution in [2.24, 2.45) is 0 Å².